The number of rotatable bonds is 5. The number of carbonyl (C=O) groups is 1. The molecule has 37 heavy (non-hydrogen) atoms. The van der Waals surface area contributed by atoms with E-state index < -0.39 is 51.7 Å². The number of amides is 1. The van der Waals surface area contributed by atoms with Crippen LogP contribution in [0.3, 0.4) is 0 Å². The van der Waals surface area contributed by atoms with Crippen molar-refractivity contribution in [3.63, 3.8) is 0 Å². The van der Waals surface area contributed by atoms with Crippen LogP contribution in [0, 0.1) is 5.92 Å². The van der Waals surface area contributed by atoms with Crippen molar-refractivity contribution in [2.45, 2.75) is 50.1 Å². The molecule has 202 valence electrons. The molecule has 6 nitrogen and oxygen atoms in total. The number of aromatic nitrogens is 1. The van der Waals surface area contributed by atoms with Crippen LogP contribution >= 0.6 is 0 Å². The average molecular weight is 550 g/mol. The van der Waals surface area contributed by atoms with Crippen molar-refractivity contribution in [1.29, 1.82) is 0 Å². The predicted molar refractivity (Wildman–Crippen MR) is 123 cm³/mol. The van der Waals surface area contributed by atoms with Crippen LogP contribution in [0.4, 0.5) is 32.2 Å². The van der Waals surface area contributed by atoms with E-state index in [9.17, 15) is 39.6 Å². The van der Waals surface area contributed by atoms with Gasteiger partial charge >= 0.3 is 12.4 Å². The molecule has 0 radical (unpaired) electrons. The molecule has 2 aromatic rings. The minimum Gasteiger partial charge on any atom is -0.367 e. The molecule has 1 unspecified atom stereocenters. The maximum atomic E-state index is 14.0. The molecule has 0 saturated carbocycles. The fourth-order valence-electron chi connectivity index (χ4n) is 5.06. The third-order valence-corrected chi connectivity index (χ3v) is 8.61. The summed E-state index contributed by atoms with van der Waals surface area (Å²) in [5.74, 6) is -1.90. The Bertz CT molecular complexity index is 1250. The Balaban J connectivity index is 1.47. The van der Waals surface area contributed by atoms with E-state index in [-0.39, 0.29) is 47.7 Å². The molecule has 4 rings (SSSR count). The zero-order valence-corrected chi connectivity index (χ0v) is 20.6. The molecule has 0 spiro atoms. The summed E-state index contributed by atoms with van der Waals surface area (Å²) >= 11 is 0. The summed E-state index contributed by atoms with van der Waals surface area (Å²) in [6, 6.07) is 3.76. The highest BCUT2D eigenvalue weighted by Crippen LogP contribution is 2.39. The van der Waals surface area contributed by atoms with Crippen LogP contribution in [0.5, 0.6) is 0 Å². The zero-order chi connectivity index (χ0) is 27.2. The van der Waals surface area contributed by atoms with Crippen LogP contribution in [0.25, 0.3) is 0 Å². The van der Waals surface area contributed by atoms with Crippen LogP contribution < -0.4 is 5.32 Å². The van der Waals surface area contributed by atoms with Crippen LogP contribution in [0.1, 0.15) is 41.1 Å². The van der Waals surface area contributed by atoms with Crippen molar-refractivity contribution >= 4 is 21.6 Å². The maximum Gasteiger partial charge on any atom is 0.416 e. The second-order valence-corrected chi connectivity index (χ2v) is 11.8. The van der Waals surface area contributed by atoms with Gasteiger partial charge in [0.2, 0.25) is 5.91 Å². The van der Waals surface area contributed by atoms with Crippen LogP contribution in [0.2, 0.25) is 0 Å². The van der Waals surface area contributed by atoms with Gasteiger partial charge in [-0.25, -0.2) is 13.4 Å². The molecule has 1 aliphatic heterocycles. The van der Waals surface area contributed by atoms with E-state index in [4.69, 9.17) is 0 Å². The van der Waals surface area contributed by atoms with E-state index in [1.165, 1.54) is 18.2 Å². The van der Waals surface area contributed by atoms with E-state index in [1.807, 2.05) is 0 Å². The third-order valence-electron chi connectivity index (χ3n) is 6.90. The zero-order valence-electron chi connectivity index (χ0n) is 19.7. The molecule has 13 heteroatoms. The Morgan fingerprint density at radius 3 is 2.30 bits per heavy atom. The molecule has 1 fully saturated rings. The summed E-state index contributed by atoms with van der Waals surface area (Å²) in [7, 11) is -2.25. The van der Waals surface area contributed by atoms with Crippen molar-refractivity contribution in [3.8, 4) is 0 Å². The van der Waals surface area contributed by atoms with Gasteiger partial charge in [-0.2, -0.15) is 26.3 Å². The number of benzene rings is 1. The van der Waals surface area contributed by atoms with Crippen LogP contribution in [-0.4, -0.2) is 55.0 Å². The van der Waals surface area contributed by atoms with Crippen molar-refractivity contribution < 1.29 is 39.6 Å². The topological polar surface area (TPSA) is 79.4 Å². The van der Waals surface area contributed by atoms with Gasteiger partial charge in [-0.1, -0.05) is 18.2 Å². The smallest absolute Gasteiger partial charge is 0.367 e. The molecule has 1 N–H and O–H groups in total. The second kappa shape index (κ2) is 9.80. The van der Waals surface area contributed by atoms with Gasteiger partial charge in [-0.05, 0) is 48.9 Å². The highest BCUT2D eigenvalue weighted by molar-refractivity contribution is 7.91. The minimum absolute atomic E-state index is 0.0307. The fraction of sp³-hybridized carbons (Fsp3) is 0.500. The number of halogens is 6. The lowest BCUT2D eigenvalue weighted by atomic mass is 9.99. The molecule has 1 aliphatic carbocycles. The average Bonchev–Trinajstić information content (AvgIpc) is 3.20. The summed E-state index contributed by atoms with van der Waals surface area (Å²) in [4.78, 5) is 17.4. The first-order valence-electron chi connectivity index (χ1n) is 11.6. The summed E-state index contributed by atoms with van der Waals surface area (Å²) < 4.78 is 105. The number of carbonyl (C=O) groups excluding carboxylic acids is 1. The quantitative estimate of drug-likeness (QED) is 0.553. The Hall–Kier alpha value is -2.83. The second-order valence-electron chi connectivity index (χ2n) is 9.49. The van der Waals surface area contributed by atoms with Gasteiger partial charge in [0.05, 0.1) is 17.1 Å². The highest BCUT2D eigenvalue weighted by atomic mass is 32.2. The number of fused-ring (bicyclic) bond motifs is 1. The normalized spacial score (nSPS) is 20.8. The SMILES string of the molecule is CN(C(=O)C1CCS(=O)(=O)CC1)[C@@H](c1ccc(NC2Cc3cccc(C(F)(F)F)c3C2)nc1)C(F)(F)F. The molecular weight excluding hydrogens is 524 g/mol. The first-order chi connectivity index (χ1) is 17.2. The van der Waals surface area contributed by atoms with E-state index in [0.29, 0.717) is 16.9 Å². The number of pyridine rings is 1. The number of nitrogens with zero attached hydrogens (tertiary/aromatic N) is 2. The van der Waals surface area contributed by atoms with Crippen molar-refractivity contribution in [1.82, 2.24) is 9.88 Å². The number of hydrogen-bond donors (Lipinski definition) is 1. The summed E-state index contributed by atoms with van der Waals surface area (Å²) in [6.45, 7) is 0. The van der Waals surface area contributed by atoms with Gasteiger partial charge in [-0.15, -0.1) is 0 Å². The van der Waals surface area contributed by atoms with E-state index >= 15 is 0 Å². The fourth-order valence-corrected chi connectivity index (χ4v) is 6.56. The Morgan fingerprint density at radius 1 is 1.05 bits per heavy atom. The lowest BCUT2D eigenvalue weighted by Gasteiger charge is -2.33. The number of anilines is 1. The van der Waals surface area contributed by atoms with Crippen molar-refractivity contribution in [2.75, 3.05) is 23.9 Å². The van der Waals surface area contributed by atoms with Gasteiger partial charge in [0.25, 0.3) is 0 Å². The number of hydrogen-bond acceptors (Lipinski definition) is 5. The predicted octanol–water partition coefficient (Wildman–Crippen LogP) is 4.57. The molecule has 1 saturated heterocycles. The largest absolute Gasteiger partial charge is 0.416 e. The van der Waals surface area contributed by atoms with Gasteiger partial charge in [-0.3, -0.25) is 4.79 Å². The molecule has 1 aromatic carbocycles. The third kappa shape index (κ3) is 6.02. The van der Waals surface area contributed by atoms with Gasteiger partial charge < -0.3 is 10.2 Å². The van der Waals surface area contributed by atoms with Gasteiger partial charge in [0, 0.05) is 30.8 Å². The molecule has 0 bridgehead atoms. The molecular formula is C24H25F6N3O3S. The van der Waals surface area contributed by atoms with E-state index in [2.05, 4.69) is 10.3 Å². The van der Waals surface area contributed by atoms with Gasteiger partial charge in [0.1, 0.15) is 15.7 Å². The minimum atomic E-state index is -4.82. The number of sulfone groups is 1. The Kier molecular flexibility index (Phi) is 7.21. The standard InChI is InChI=1S/C24H25F6N3O3S/c1-33(22(34)14-7-9-37(35,36)10-8-14)21(24(28,29)30)16-5-6-20(31-13-16)32-17-11-15-3-2-4-19(18(15)12-17)23(25,26)27/h2-6,13-14,17,21H,7-12H2,1H3,(H,31,32)/t17?,21-/m0/s1. The molecule has 1 aromatic heterocycles. The summed E-state index contributed by atoms with van der Waals surface area (Å²) in [5.41, 5.74) is -0.242. The summed E-state index contributed by atoms with van der Waals surface area (Å²) in [6.07, 6.45) is -7.98. The first-order valence-corrected chi connectivity index (χ1v) is 13.4. The lowest BCUT2D eigenvalue weighted by molar-refractivity contribution is -0.190. The van der Waals surface area contributed by atoms with Gasteiger partial charge in [0.15, 0.2) is 6.04 Å². The highest BCUT2D eigenvalue weighted by Gasteiger charge is 2.47. The monoisotopic (exact) mass is 549 g/mol. The Labute approximate surface area is 210 Å². The number of alkyl halides is 6. The van der Waals surface area contributed by atoms with Crippen molar-refractivity contribution in [2.24, 2.45) is 5.92 Å². The van der Waals surface area contributed by atoms with Crippen molar-refractivity contribution in [3.05, 3.63) is 58.8 Å². The molecule has 1 amide bonds. The first kappa shape index (κ1) is 27.2. The van der Waals surface area contributed by atoms with Crippen LogP contribution in [0.15, 0.2) is 36.5 Å². The Morgan fingerprint density at radius 2 is 1.73 bits per heavy atom. The molecule has 2 atom stereocenters. The molecule has 2 aliphatic rings. The van der Waals surface area contributed by atoms with Crippen LogP contribution in [-0.2, 0) is 33.6 Å². The number of nitrogens with one attached hydrogen (secondary N) is 1. The van der Waals surface area contributed by atoms with E-state index in [1.54, 1.807) is 6.07 Å². The maximum absolute atomic E-state index is 14.0. The lowest BCUT2D eigenvalue weighted by Crippen LogP contribution is -2.44. The van der Waals surface area contributed by atoms with E-state index in [0.717, 1.165) is 19.3 Å². The summed E-state index contributed by atoms with van der Waals surface area (Å²) in [5, 5.41) is 2.99. The molecule has 2 heterocycles.